The molecule has 0 spiro atoms. The van der Waals surface area contributed by atoms with E-state index in [2.05, 4.69) is 59.4 Å². The van der Waals surface area contributed by atoms with E-state index in [1.165, 1.54) is 5.69 Å². The Kier molecular flexibility index (Phi) is 5.33. The van der Waals surface area contributed by atoms with Gasteiger partial charge in [-0.2, -0.15) is 5.10 Å². The molecule has 21 heavy (non-hydrogen) atoms. The summed E-state index contributed by atoms with van der Waals surface area (Å²) < 4.78 is 0. The highest BCUT2D eigenvalue weighted by molar-refractivity contribution is 5.68. The van der Waals surface area contributed by atoms with Gasteiger partial charge in [0, 0.05) is 24.0 Å². The van der Waals surface area contributed by atoms with Gasteiger partial charge in [-0.3, -0.25) is 5.10 Å². The summed E-state index contributed by atoms with van der Waals surface area (Å²) in [5.41, 5.74) is 3.47. The smallest absolute Gasteiger partial charge is 0.126 e. The van der Waals surface area contributed by atoms with E-state index in [0.717, 1.165) is 36.5 Å². The summed E-state index contributed by atoms with van der Waals surface area (Å²) in [6, 6.07) is 4.12. The van der Waals surface area contributed by atoms with Crippen molar-refractivity contribution in [3.8, 4) is 11.1 Å². The van der Waals surface area contributed by atoms with E-state index < -0.39 is 0 Å². The maximum absolute atomic E-state index is 4.39. The van der Waals surface area contributed by atoms with E-state index in [0.29, 0.717) is 5.92 Å². The van der Waals surface area contributed by atoms with Gasteiger partial charge in [0.1, 0.15) is 5.82 Å². The van der Waals surface area contributed by atoms with Gasteiger partial charge in [0.05, 0.1) is 6.20 Å². The van der Waals surface area contributed by atoms with Crippen LogP contribution in [-0.2, 0) is 0 Å². The minimum Gasteiger partial charge on any atom is -0.370 e. The van der Waals surface area contributed by atoms with Crippen LogP contribution in [0.3, 0.4) is 0 Å². The lowest BCUT2D eigenvalue weighted by atomic mass is 10.0. The van der Waals surface area contributed by atoms with Gasteiger partial charge in [-0.25, -0.2) is 4.98 Å². The molecule has 2 aromatic rings. The standard InChI is InChI=1S/C16H25N5/c1-12(2)16-14(11-19-20-16)13-6-8-18-15(10-13)17-7-5-9-21(3)4/h6,8,10-12H,5,7,9H2,1-4H3,(H,17,18)(H,19,20). The number of hydrogen-bond acceptors (Lipinski definition) is 4. The molecule has 2 heterocycles. The number of anilines is 1. The Morgan fingerprint density at radius 1 is 1.33 bits per heavy atom. The van der Waals surface area contributed by atoms with E-state index in [1.807, 2.05) is 18.5 Å². The summed E-state index contributed by atoms with van der Waals surface area (Å²) in [4.78, 5) is 6.57. The molecule has 5 heteroatoms. The van der Waals surface area contributed by atoms with Gasteiger partial charge in [0.2, 0.25) is 0 Å². The molecule has 0 saturated carbocycles. The normalized spacial score (nSPS) is 11.3. The van der Waals surface area contributed by atoms with Crippen LogP contribution in [0.5, 0.6) is 0 Å². The van der Waals surface area contributed by atoms with Crippen LogP contribution < -0.4 is 5.32 Å². The summed E-state index contributed by atoms with van der Waals surface area (Å²) in [6.45, 7) is 6.33. The Hall–Kier alpha value is -1.88. The Morgan fingerprint density at radius 2 is 2.14 bits per heavy atom. The van der Waals surface area contributed by atoms with Gasteiger partial charge < -0.3 is 10.2 Å². The van der Waals surface area contributed by atoms with Gasteiger partial charge in [-0.1, -0.05) is 13.8 Å². The predicted molar refractivity (Wildman–Crippen MR) is 87.6 cm³/mol. The zero-order valence-electron chi connectivity index (χ0n) is 13.3. The molecule has 0 bridgehead atoms. The van der Waals surface area contributed by atoms with Crippen LogP contribution in [0.1, 0.15) is 31.9 Å². The zero-order chi connectivity index (χ0) is 15.2. The molecule has 2 aromatic heterocycles. The van der Waals surface area contributed by atoms with Crippen molar-refractivity contribution < 1.29 is 0 Å². The van der Waals surface area contributed by atoms with Crippen LogP contribution in [0.15, 0.2) is 24.5 Å². The molecule has 2 rings (SSSR count). The second-order valence-corrected chi connectivity index (χ2v) is 5.87. The predicted octanol–water partition coefficient (Wildman–Crippen LogP) is 2.96. The minimum absolute atomic E-state index is 0.423. The number of H-pyrrole nitrogens is 1. The summed E-state index contributed by atoms with van der Waals surface area (Å²) in [5, 5.41) is 10.6. The van der Waals surface area contributed by atoms with E-state index in [1.54, 1.807) is 0 Å². The molecule has 0 amide bonds. The highest BCUT2D eigenvalue weighted by Crippen LogP contribution is 2.27. The van der Waals surface area contributed by atoms with E-state index in [4.69, 9.17) is 0 Å². The van der Waals surface area contributed by atoms with Crippen molar-refractivity contribution in [3.63, 3.8) is 0 Å². The highest BCUT2D eigenvalue weighted by Gasteiger charge is 2.11. The number of nitrogens with zero attached hydrogens (tertiary/aromatic N) is 3. The number of hydrogen-bond donors (Lipinski definition) is 2. The Morgan fingerprint density at radius 3 is 2.86 bits per heavy atom. The van der Waals surface area contributed by atoms with Crippen LogP contribution in [0.4, 0.5) is 5.82 Å². The number of aromatic amines is 1. The third-order valence-corrected chi connectivity index (χ3v) is 3.41. The van der Waals surface area contributed by atoms with Crippen LogP contribution in [0, 0.1) is 0 Å². The fourth-order valence-electron chi connectivity index (χ4n) is 2.27. The Labute approximate surface area is 126 Å². The van der Waals surface area contributed by atoms with Crippen molar-refractivity contribution in [1.29, 1.82) is 0 Å². The van der Waals surface area contributed by atoms with E-state index in [-0.39, 0.29) is 0 Å². The third kappa shape index (κ3) is 4.29. The van der Waals surface area contributed by atoms with Crippen LogP contribution in [-0.4, -0.2) is 47.3 Å². The number of rotatable bonds is 7. The largest absolute Gasteiger partial charge is 0.370 e. The van der Waals surface area contributed by atoms with Crippen molar-refractivity contribution in [3.05, 3.63) is 30.2 Å². The molecule has 0 atom stereocenters. The monoisotopic (exact) mass is 287 g/mol. The molecule has 0 fully saturated rings. The molecule has 114 valence electrons. The molecule has 0 aliphatic carbocycles. The van der Waals surface area contributed by atoms with Crippen LogP contribution in [0.2, 0.25) is 0 Å². The maximum Gasteiger partial charge on any atom is 0.126 e. The molecule has 0 saturated heterocycles. The van der Waals surface area contributed by atoms with Crippen LogP contribution >= 0.6 is 0 Å². The molecular formula is C16H25N5. The summed E-state index contributed by atoms with van der Waals surface area (Å²) in [6.07, 6.45) is 4.84. The van der Waals surface area contributed by atoms with Gasteiger partial charge in [0.15, 0.2) is 0 Å². The number of pyridine rings is 1. The molecule has 0 aliphatic heterocycles. The minimum atomic E-state index is 0.423. The second-order valence-electron chi connectivity index (χ2n) is 5.87. The summed E-state index contributed by atoms with van der Waals surface area (Å²) >= 11 is 0. The summed E-state index contributed by atoms with van der Waals surface area (Å²) in [7, 11) is 4.18. The first-order valence-electron chi connectivity index (χ1n) is 7.46. The zero-order valence-corrected chi connectivity index (χ0v) is 13.3. The SMILES string of the molecule is CC(C)c1[nH]ncc1-c1ccnc(NCCCN(C)C)c1. The van der Waals surface area contributed by atoms with Gasteiger partial charge in [-0.05, 0) is 50.7 Å². The Bertz CT molecular complexity index is 559. The van der Waals surface area contributed by atoms with Crippen molar-refractivity contribution in [2.75, 3.05) is 32.5 Å². The molecule has 0 radical (unpaired) electrons. The van der Waals surface area contributed by atoms with Gasteiger partial charge in [0.25, 0.3) is 0 Å². The molecule has 0 aromatic carbocycles. The maximum atomic E-state index is 4.39. The second kappa shape index (κ2) is 7.22. The first-order valence-corrected chi connectivity index (χ1v) is 7.46. The van der Waals surface area contributed by atoms with Gasteiger partial charge in [-0.15, -0.1) is 0 Å². The van der Waals surface area contributed by atoms with Crippen molar-refractivity contribution in [2.24, 2.45) is 0 Å². The fourth-order valence-corrected chi connectivity index (χ4v) is 2.27. The fraction of sp³-hybridized carbons (Fsp3) is 0.500. The van der Waals surface area contributed by atoms with Crippen molar-refractivity contribution in [2.45, 2.75) is 26.2 Å². The number of aromatic nitrogens is 3. The average Bonchev–Trinajstić information content (AvgIpc) is 2.93. The molecule has 5 nitrogen and oxygen atoms in total. The van der Waals surface area contributed by atoms with E-state index >= 15 is 0 Å². The Balaban J connectivity index is 2.05. The molecular weight excluding hydrogens is 262 g/mol. The van der Waals surface area contributed by atoms with Crippen molar-refractivity contribution >= 4 is 5.82 Å². The third-order valence-electron chi connectivity index (χ3n) is 3.41. The lowest BCUT2D eigenvalue weighted by molar-refractivity contribution is 0.405. The molecule has 0 aliphatic rings. The van der Waals surface area contributed by atoms with Gasteiger partial charge >= 0.3 is 0 Å². The number of nitrogens with one attached hydrogen (secondary N) is 2. The van der Waals surface area contributed by atoms with E-state index in [9.17, 15) is 0 Å². The van der Waals surface area contributed by atoms with Crippen molar-refractivity contribution in [1.82, 2.24) is 20.1 Å². The molecule has 2 N–H and O–H groups in total. The lowest BCUT2D eigenvalue weighted by Crippen LogP contribution is -2.16. The highest BCUT2D eigenvalue weighted by atomic mass is 15.1. The molecule has 0 unspecified atom stereocenters. The average molecular weight is 287 g/mol. The topological polar surface area (TPSA) is 56.8 Å². The summed E-state index contributed by atoms with van der Waals surface area (Å²) in [5.74, 6) is 1.34. The lowest BCUT2D eigenvalue weighted by Gasteiger charge is -2.11. The van der Waals surface area contributed by atoms with Crippen LogP contribution in [0.25, 0.3) is 11.1 Å². The first kappa shape index (κ1) is 15.5. The first-order chi connectivity index (χ1) is 10.1. The quantitative estimate of drug-likeness (QED) is 0.769.